The number of fused-ring (bicyclic) bond motifs is 1. The average Bonchev–Trinajstić information content (AvgIpc) is 2.82. The fraction of sp³-hybridized carbons (Fsp3) is 0.400. The number of furan rings is 1. The molecular weight excluding hydrogens is 228 g/mol. The maximum absolute atomic E-state index is 12.4. The second kappa shape index (κ2) is 4.58. The molecule has 1 aromatic heterocycles. The molecule has 3 nitrogen and oxygen atoms in total. The van der Waals surface area contributed by atoms with Crippen LogP contribution in [0.5, 0.6) is 0 Å². The van der Waals surface area contributed by atoms with Crippen molar-refractivity contribution in [3.63, 3.8) is 0 Å². The van der Waals surface area contributed by atoms with Crippen molar-refractivity contribution in [3.8, 4) is 0 Å². The fourth-order valence-corrected chi connectivity index (χ4v) is 1.98. The third kappa shape index (κ3) is 1.95. The molecule has 2 rings (SSSR count). The molecule has 3 heteroatoms. The normalized spacial score (nSPS) is 14.7. The van der Waals surface area contributed by atoms with Crippen LogP contribution in [0, 0.1) is 6.92 Å². The van der Waals surface area contributed by atoms with Gasteiger partial charge in [0.1, 0.15) is 11.2 Å². The Morgan fingerprint density at radius 3 is 2.72 bits per heavy atom. The largest absolute Gasteiger partial charge is 0.453 e. The zero-order valence-corrected chi connectivity index (χ0v) is 11.2. The van der Waals surface area contributed by atoms with Gasteiger partial charge in [-0.3, -0.25) is 4.79 Å². The molecule has 0 saturated heterocycles. The van der Waals surface area contributed by atoms with Gasteiger partial charge < -0.3 is 9.15 Å². The molecule has 18 heavy (non-hydrogen) atoms. The first-order valence-electron chi connectivity index (χ1n) is 6.11. The van der Waals surface area contributed by atoms with Crippen LogP contribution in [0.25, 0.3) is 11.0 Å². The van der Waals surface area contributed by atoms with E-state index in [0.717, 1.165) is 16.5 Å². The van der Waals surface area contributed by atoms with Gasteiger partial charge in [-0.1, -0.05) is 25.1 Å². The highest BCUT2D eigenvalue weighted by molar-refractivity contribution is 6.03. The molecule has 0 radical (unpaired) electrons. The summed E-state index contributed by atoms with van der Waals surface area (Å²) < 4.78 is 11.0. The van der Waals surface area contributed by atoms with Crippen molar-refractivity contribution >= 4 is 16.8 Å². The first kappa shape index (κ1) is 12.8. The Balaban J connectivity index is 2.49. The Labute approximate surface area is 107 Å². The van der Waals surface area contributed by atoms with Crippen molar-refractivity contribution in [2.24, 2.45) is 0 Å². The topological polar surface area (TPSA) is 39.4 Å². The van der Waals surface area contributed by atoms with Crippen LogP contribution < -0.4 is 0 Å². The first-order chi connectivity index (χ1) is 8.51. The van der Waals surface area contributed by atoms with E-state index in [-0.39, 0.29) is 5.78 Å². The predicted octanol–water partition coefficient (Wildman–Crippen LogP) is 3.74. The molecule has 96 valence electrons. The van der Waals surface area contributed by atoms with E-state index in [1.165, 1.54) is 0 Å². The molecule has 0 amide bonds. The number of benzene rings is 1. The zero-order valence-electron chi connectivity index (χ0n) is 11.2. The van der Waals surface area contributed by atoms with E-state index in [4.69, 9.17) is 9.15 Å². The van der Waals surface area contributed by atoms with Crippen molar-refractivity contribution in [2.75, 3.05) is 7.11 Å². The molecular formula is C15H18O3. The van der Waals surface area contributed by atoms with Gasteiger partial charge in [0.2, 0.25) is 5.78 Å². The number of hydrogen-bond donors (Lipinski definition) is 0. The van der Waals surface area contributed by atoms with E-state index < -0.39 is 5.60 Å². The lowest BCUT2D eigenvalue weighted by Gasteiger charge is -2.23. The highest BCUT2D eigenvalue weighted by Crippen LogP contribution is 2.27. The van der Waals surface area contributed by atoms with Gasteiger partial charge in [0.15, 0.2) is 5.76 Å². The van der Waals surface area contributed by atoms with E-state index in [1.807, 2.05) is 32.0 Å². The lowest BCUT2D eigenvalue weighted by Crippen LogP contribution is -2.36. The molecule has 0 N–H and O–H groups in total. The molecule has 0 bridgehead atoms. The monoisotopic (exact) mass is 246 g/mol. The summed E-state index contributed by atoms with van der Waals surface area (Å²) in [5, 5.41) is 0.952. The summed E-state index contributed by atoms with van der Waals surface area (Å²) in [4.78, 5) is 12.4. The van der Waals surface area contributed by atoms with Gasteiger partial charge >= 0.3 is 0 Å². The Hall–Kier alpha value is -1.61. The van der Waals surface area contributed by atoms with Crippen LogP contribution in [-0.4, -0.2) is 18.5 Å². The smallest absolute Gasteiger partial charge is 0.229 e. The van der Waals surface area contributed by atoms with Crippen LogP contribution >= 0.6 is 0 Å². The summed E-state index contributed by atoms with van der Waals surface area (Å²) in [6, 6.07) is 7.66. The number of carbonyl (C=O) groups excluding carboxylic acids is 1. The lowest BCUT2D eigenvalue weighted by atomic mass is 9.95. The Morgan fingerprint density at radius 2 is 2.17 bits per heavy atom. The summed E-state index contributed by atoms with van der Waals surface area (Å²) in [5.74, 6) is 0.258. The van der Waals surface area contributed by atoms with Crippen molar-refractivity contribution in [2.45, 2.75) is 32.8 Å². The highest BCUT2D eigenvalue weighted by atomic mass is 16.5. The quantitative estimate of drug-likeness (QED) is 0.771. The minimum Gasteiger partial charge on any atom is -0.453 e. The lowest BCUT2D eigenvalue weighted by molar-refractivity contribution is 0.00855. The van der Waals surface area contributed by atoms with E-state index in [9.17, 15) is 4.79 Å². The van der Waals surface area contributed by atoms with Crippen molar-refractivity contribution in [1.82, 2.24) is 0 Å². The van der Waals surface area contributed by atoms with Gasteiger partial charge in [0, 0.05) is 12.5 Å². The van der Waals surface area contributed by atoms with Gasteiger partial charge in [-0.25, -0.2) is 0 Å². The van der Waals surface area contributed by atoms with E-state index >= 15 is 0 Å². The zero-order chi connectivity index (χ0) is 13.3. The molecule has 0 aliphatic heterocycles. The molecule has 0 aliphatic carbocycles. The van der Waals surface area contributed by atoms with Crippen LogP contribution in [-0.2, 0) is 4.74 Å². The minimum atomic E-state index is -0.818. The number of aryl methyl sites for hydroxylation is 1. The summed E-state index contributed by atoms with van der Waals surface area (Å²) in [7, 11) is 1.55. The summed E-state index contributed by atoms with van der Waals surface area (Å²) in [5.41, 5.74) is 0.986. The molecule has 0 spiro atoms. The molecule has 0 fully saturated rings. The Kier molecular flexibility index (Phi) is 3.26. The average molecular weight is 246 g/mol. The highest BCUT2D eigenvalue weighted by Gasteiger charge is 2.34. The second-order valence-electron chi connectivity index (χ2n) is 4.72. The van der Waals surface area contributed by atoms with Gasteiger partial charge in [0.25, 0.3) is 0 Å². The molecule has 2 aromatic rings. The number of ether oxygens (including phenoxy) is 1. The number of hydrogen-bond acceptors (Lipinski definition) is 3. The molecule has 0 saturated carbocycles. The van der Waals surface area contributed by atoms with Gasteiger partial charge in [-0.05, 0) is 31.9 Å². The standard InChI is InChI=1S/C15H18O3/c1-5-15(3,17-4)14(16)12-9-11-8-6-7-10(2)13(11)18-12/h6-9H,5H2,1-4H3. The molecule has 1 aromatic carbocycles. The van der Waals surface area contributed by atoms with Crippen molar-refractivity contribution < 1.29 is 13.9 Å². The van der Waals surface area contributed by atoms with Gasteiger partial charge in [-0.2, -0.15) is 0 Å². The number of methoxy groups -OCH3 is 1. The predicted molar refractivity (Wildman–Crippen MR) is 71.0 cm³/mol. The molecule has 0 aliphatic rings. The summed E-state index contributed by atoms with van der Waals surface area (Å²) >= 11 is 0. The number of para-hydroxylation sites is 1. The first-order valence-corrected chi connectivity index (χ1v) is 6.11. The maximum atomic E-state index is 12.4. The van der Waals surface area contributed by atoms with Crippen LogP contribution in [0.1, 0.15) is 36.4 Å². The van der Waals surface area contributed by atoms with Gasteiger partial charge in [0.05, 0.1) is 0 Å². The van der Waals surface area contributed by atoms with Crippen LogP contribution in [0.2, 0.25) is 0 Å². The summed E-state index contributed by atoms with van der Waals surface area (Å²) in [6.07, 6.45) is 0.609. The second-order valence-corrected chi connectivity index (χ2v) is 4.72. The Bertz CT molecular complexity index is 576. The van der Waals surface area contributed by atoms with Crippen molar-refractivity contribution in [3.05, 3.63) is 35.6 Å². The molecule has 1 unspecified atom stereocenters. The third-order valence-electron chi connectivity index (χ3n) is 3.57. The minimum absolute atomic E-state index is 0.108. The number of rotatable bonds is 4. The number of ketones is 1. The molecule has 1 heterocycles. The van der Waals surface area contributed by atoms with E-state index in [2.05, 4.69) is 0 Å². The van der Waals surface area contributed by atoms with Gasteiger partial charge in [-0.15, -0.1) is 0 Å². The third-order valence-corrected chi connectivity index (χ3v) is 3.57. The summed E-state index contributed by atoms with van der Waals surface area (Å²) in [6.45, 7) is 5.68. The van der Waals surface area contributed by atoms with Crippen LogP contribution in [0.3, 0.4) is 0 Å². The van der Waals surface area contributed by atoms with E-state index in [1.54, 1.807) is 20.1 Å². The Morgan fingerprint density at radius 1 is 1.44 bits per heavy atom. The fourth-order valence-electron chi connectivity index (χ4n) is 1.98. The SMILES string of the molecule is CCC(C)(OC)C(=O)c1cc2cccc(C)c2o1. The molecule has 1 atom stereocenters. The van der Waals surface area contributed by atoms with Crippen molar-refractivity contribution in [1.29, 1.82) is 0 Å². The van der Waals surface area contributed by atoms with Crippen LogP contribution in [0.15, 0.2) is 28.7 Å². The number of carbonyl (C=O) groups is 1. The maximum Gasteiger partial charge on any atom is 0.229 e. The van der Waals surface area contributed by atoms with Crippen LogP contribution in [0.4, 0.5) is 0 Å². The number of Topliss-reactive ketones (excluding diaryl/α,β-unsaturated/α-hetero) is 1. The van der Waals surface area contributed by atoms with E-state index in [0.29, 0.717) is 12.2 Å².